The maximum Gasteiger partial charge on any atom is 0.260 e. The van der Waals surface area contributed by atoms with Crippen LogP contribution >= 0.6 is 23.4 Å². The van der Waals surface area contributed by atoms with Crippen LogP contribution in [-0.4, -0.2) is 18.2 Å². The molecule has 1 amide bonds. The molecule has 2 N–H and O–H groups in total. The summed E-state index contributed by atoms with van der Waals surface area (Å²) in [7, 11) is 0. The largest absolute Gasteiger partial charge is 0.454 e. The van der Waals surface area contributed by atoms with E-state index in [1.807, 2.05) is 50.3 Å². The van der Waals surface area contributed by atoms with Crippen LogP contribution in [0.25, 0.3) is 6.08 Å². The van der Waals surface area contributed by atoms with E-state index in [2.05, 4.69) is 10.6 Å². The molecule has 2 aliphatic heterocycles. The topological polar surface area (TPSA) is 59.6 Å². The first-order valence-electron chi connectivity index (χ1n) is 8.12. The Labute approximate surface area is 160 Å². The van der Waals surface area contributed by atoms with Gasteiger partial charge >= 0.3 is 0 Å². The lowest BCUT2D eigenvalue weighted by Gasteiger charge is -2.15. The molecule has 2 aromatic carbocycles. The summed E-state index contributed by atoms with van der Waals surface area (Å²) in [5.41, 5.74) is 3.67. The van der Waals surface area contributed by atoms with Crippen molar-refractivity contribution in [2.75, 3.05) is 12.1 Å². The zero-order valence-electron chi connectivity index (χ0n) is 14.3. The summed E-state index contributed by atoms with van der Waals surface area (Å²) in [6, 6.07) is 9.47. The van der Waals surface area contributed by atoms with Crippen LogP contribution < -0.4 is 20.1 Å². The SMILES string of the molecule is Cc1cc2c(cc1/C=C1\SC(Nc3cc(Cl)ccc3C)NC1=O)OCO2. The molecular formula is C19H17ClN2O3S. The molecule has 0 radical (unpaired) electrons. The van der Waals surface area contributed by atoms with Crippen molar-refractivity contribution in [3.8, 4) is 11.5 Å². The van der Waals surface area contributed by atoms with E-state index in [1.165, 1.54) is 11.8 Å². The Kier molecular flexibility index (Phi) is 4.46. The van der Waals surface area contributed by atoms with Crippen LogP contribution in [-0.2, 0) is 4.79 Å². The summed E-state index contributed by atoms with van der Waals surface area (Å²) >= 11 is 7.50. The number of nitrogens with one attached hydrogen (secondary N) is 2. The number of fused-ring (bicyclic) bond motifs is 1. The summed E-state index contributed by atoms with van der Waals surface area (Å²) < 4.78 is 10.8. The van der Waals surface area contributed by atoms with Crippen molar-refractivity contribution in [3.05, 3.63) is 56.9 Å². The highest BCUT2D eigenvalue weighted by Gasteiger charge is 2.28. The normalized spacial score (nSPS) is 19.7. The Hall–Kier alpha value is -2.31. The molecule has 26 heavy (non-hydrogen) atoms. The molecule has 134 valence electrons. The number of amides is 1. The quantitative estimate of drug-likeness (QED) is 0.768. The molecule has 1 fully saturated rings. The van der Waals surface area contributed by atoms with E-state index >= 15 is 0 Å². The number of ether oxygens (including phenoxy) is 2. The first-order valence-corrected chi connectivity index (χ1v) is 9.37. The van der Waals surface area contributed by atoms with Crippen molar-refractivity contribution >= 4 is 41.0 Å². The Morgan fingerprint density at radius 1 is 1.19 bits per heavy atom. The highest BCUT2D eigenvalue weighted by atomic mass is 35.5. The minimum atomic E-state index is -0.250. The van der Waals surface area contributed by atoms with Gasteiger partial charge in [-0.15, -0.1) is 0 Å². The van der Waals surface area contributed by atoms with Crippen molar-refractivity contribution in [2.45, 2.75) is 19.3 Å². The van der Waals surface area contributed by atoms with Gasteiger partial charge in [-0.2, -0.15) is 0 Å². The summed E-state index contributed by atoms with van der Waals surface area (Å²) in [6.45, 7) is 4.21. The van der Waals surface area contributed by atoms with E-state index in [1.54, 1.807) is 0 Å². The lowest BCUT2D eigenvalue weighted by molar-refractivity contribution is -0.116. The van der Waals surface area contributed by atoms with Gasteiger partial charge in [0.1, 0.15) is 0 Å². The second-order valence-electron chi connectivity index (χ2n) is 6.15. The fraction of sp³-hybridized carbons (Fsp3) is 0.211. The molecule has 4 rings (SSSR count). The van der Waals surface area contributed by atoms with Crippen LogP contribution in [0.4, 0.5) is 5.69 Å². The van der Waals surface area contributed by atoms with Gasteiger partial charge in [-0.25, -0.2) is 0 Å². The third-order valence-electron chi connectivity index (χ3n) is 4.26. The summed E-state index contributed by atoms with van der Waals surface area (Å²) in [5.74, 6) is 1.34. The van der Waals surface area contributed by atoms with E-state index in [0.717, 1.165) is 28.1 Å². The van der Waals surface area contributed by atoms with Crippen LogP contribution in [0.5, 0.6) is 11.5 Å². The molecule has 2 heterocycles. The molecule has 2 aromatic rings. The minimum absolute atomic E-state index is 0.107. The predicted octanol–water partition coefficient (Wildman–Crippen LogP) is 4.29. The van der Waals surface area contributed by atoms with Crippen molar-refractivity contribution in [3.63, 3.8) is 0 Å². The molecule has 0 saturated carbocycles. The van der Waals surface area contributed by atoms with E-state index in [-0.39, 0.29) is 18.2 Å². The number of hydrogen-bond acceptors (Lipinski definition) is 5. The first-order chi connectivity index (χ1) is 12.5. The van der Waals surface area contributed by atoms with E-state index in [0.29, 0.717) is 15.7 Å². The number of carbonyl (C=O) groups is 1. The number of carbonyl (C=O) groups excluding carboxylic acids is 1. The highest BCUT2D eigenvalue weighted by Crippen LogP contribution is 2.37. The summed E-state index contributed by atoms with van der Waals surface area (Å²) in [6.07, 6.45) is 1.88. The Bertz CT molecular complexity index is 929. The summed E-state index contributed by atoms with van der Waals surface area (Å²) in [5, 5.41) is 6.90. The predicted molar refractivity (Wildman–Crippen MR) is 105 cm³/mol. The average molecular weight is 389 g/mol. The number of aryl methyl sites for hydroxylation is 2. The fourth-order valence-electron chi connectivity index (χ4n) is 2.81. The van der Waals surface area contributed by atoms with Crippen LogP contribution in [0.1, 0.15) is 16.7 Å². The standard InChI is InChI=1S/C19H17ClN2O3S/c1-10-3-4-13(20)8-14(10)21-19-22-18(23)17(26-19)7-12-6-16-15(5-11(12)2)24-9-25-16/h3-8,19,21H,9H2,1-2H3,(H,22,23)/b17-7-. The maximum atomic E-state index is 12.4. The Morgan fingerprint density at radius 2 is 1.96 bits per heavy atom. The number of hydrogen-bond donors (Lipinski definition) is 2. The third-order valence-corrected chi connectivity index (χ3v) is 5.53. The van der Waals surface area contributed by atoms with E-state index in [4.69, 9.17) is 21.1 Å². The van der Waals surface area contributed by atoms with Crippen molar-refractivity contribution in [1.82, 2.24) is 5.32 Å². The molecule has 1 saturated heterocycles. The van der Waals surface area contributed by atoms with Crippen molar-refractivity contribution < 1.29 is 14.3 Å². The molecule has 0 spiro atoms. The number of benzene rings is 2. The molecule has 0 bridgehead atoms. The van der Waals surface area contributed by atoms with Gasteiger partial charge in [0.2, 0.25) is 6.79 Å². The average Bonchev–Trinajstić information content (AvgIpc) is 3.18. The molecular weight excluding hydrogens is 372 g/mol. The van der Waals surface area contributed by atoms with Gasteiger partial charge in [0.25, 0.3) is 5.91 Å². The lowest BCUT2D eigenvalue weighted by Crippen LogP contribution is -2.31. The molecule has 2 aliphatic rings. The van der Waals surface area contributed by atoms with Crippen LogP contribution in [0.15, 0.2) is 35.2 Å². The lowest BCUT2D eigenvalue weighted by atomic mass is 10.1. The zero-order chi connectivity index (χ0) is 18.3. The molecule has 5 nitrogen and oxygen atoms in total. The minimum Gasteiger partial charge on any atom is -0.454 e. The molecule has 1 atom stereocenters. The Morgan fingerprint density at radius 3 is 2.77 bits per heavy atom. The highest BCUT2D eigenvalue weighted by molar-refractivity contribution is 8.05. The number of halogens is 1. The van der Waals surface area contributed by atoms with Crippen LogP contribution in [0.3, 0.4) is 0 Å². The zero-order valence-corrected chi connectivity index (χ0v) is 15.8. The van der Waals surface area contributed by atoms with Gasteiger partial charge in [0, 0.05) is 10.7 Å². The fourth-order valence-corrected chi connectivity index (χ4v) is 3.95. The van der Waals surface area contributed by atoms with Gasteiger partial charge in [-0.05, 0) is 60.9 Å². The molecule has 0 aliphatic carbocycles. The third kappa shape index (κ3) is 3.34. The van der Waals surface area contributed by atoms with Crippen molar-refractivity contribution in [1.29, 1.82) is 0 Å². The van der Waals surface area contributed by atoms with Crippen molar-refractivity contribution in [2.24, 2.45) is 0 Å². The van der Waals surface area contributed by atoms with E-state index in [9.17, 15) is 4.79 Å². The summed E-state index contributed by atoms with van der Waals surface area (Å²) in [4.78, 5) is 13.0. The second-order valence-corrected chi connectivity index (χ2v) is 7.73. The number of rotatable bonds is 3. The van der Waals surface area contributed by atoms with Crippen LogP contribution in [0.2, 0.25) is 5.02 Å². The second kappa shape index (κ2) is 6.78. The van der Waals surface area contributed by atoms with Gasteiger partial charge in [-0.1, -0.05) is 29.4 Å². The maximum absolute atomic E-state index is 12.4. The molecule has 7 heteroatoms. The van der Waals surface area contributed by atoms with Gasteiger partial charge in [0.15, 0.2) is 17.0 Å². The number of thioether (sulfide) groups is 1. The molecule has 0 aromatic heterocycles. The smallest absolute Gasteiger partial charge is 0.260 e. The van der Waals surface area contributed by atoms with E-state index < -0.39 is 0 Å². The Balaban J connectivity index is 1.55. The van der Waals surface area contributed by atoms with Gasteiger partial charge in [0.05, 0.1) is 4.91 Å². The van der Waals surface area contributed by atoms with Gasteiger partial charge in [-0.3, -0.25) is 4.79 Å². The molecule has 1 unspecified atom stereocenters. The monoisotopic (exact) mass is 388 g/mol. The first kappa shape index (κ1) is 17.1. The number of anilines is 1. The van der Waals surface area contributed by atoms with Gasteiger partial charge < -0.3 is 20.1 Å². The van der Waals surface area contributed by atoms with Crippen LogP contribution in [0, 0.1) is 13.8 Å².